The highest BCUT2D eigenvalue weighted by molar-refractivity contribution is 5.90. The number of aliphatic hydroxyl groups is 3. The van der Waals surface area contributed by atoms with Crippen molar-refractivity contribution in [2.45, 2.75) is 211 Å². The highest BCUT2D eigenvalue weighted by Gasteiger charge is 2.34. The summed E-state index contributed by atoms with van der Waals surface area (Å²) in [5.74, 6) is -0.680. The Labute approximate surface area is 273 Å². The number of unbranched alkanes of at least 4 members (excludes halogenated alkanes) is 12. The van der Waals surface area contributed by atoms with Crippen molar-refractivity contribution in [1.29, 1.82) is 0 Å². The molecule has 0 saturated carbocycles. The molecule has 0 aromatic carbocycles. The van der Waals surface area contributed by atoms with Gasteiger partial charge in [0.1, 0.15) is 12.2 Å². The van der Waals surface area contributed by atoms with Gasteiger partial charge in [-0.3, -0.25) is 4.79 Å². The van der Waals surface area contributed by atoms with Crippen LogP contribution >= 0.6 is 0 Å². The van der Waals surface area contributed by atoms with E-state index >= 15 is 0 Å². The van der Waals surface area contributed by atoms with Crippen LogP contribution in [-0.4, -0.2) is 70.0 Å². The highest BCUT2D eigenvalue weighted by Crippen LogP contribution is 2.29. The Hall–Kier alpha value is -1.48. The number of ether oxygens (including phenoxy) is 3. The van der Waals surface area contributed by atoms with Gasteiger partial charge >= 0.3 is 11.9 Å². The molecule has 0 spiro atoms. The largest absolute Gasteiger partial charge is 0.462 e. The van der Waals surface area contributed by atoms with E-state index in [2.05, 4.69) is 6.92 Å². The van der Waals surface area contributed by atoms with Crippen LogP contribution in [0.25, 0.3) is 0 Å². The van der Waals surface area contributed by atoms with Crippen molar-refractivity contribution in [3.63, 3.8) is 0 Å². The molecule has 8 nitrogen and oxygen atoms in total. The molecular weight excluding hydrogens is 572 g/mol. The van der Waals surface area contributed by atoms with Gasteiger partial charge in [0.15, 0.2) is 0 Å². The van der Waals surface area contributed by atoms with Gasteiger partial charge in [0.25, 0.3) is 0 Å². The summed E-state index contributed by atoms with van der Waals surface area (Å²) in [6, 6.07) is 0. The van der Waals surface area contributed by atoms with E-state index < -0.39 is 12.2 Å². The van der Waals surface area contributed by atoms with Crippen molar-refractivity contribution >= 4 is 11.9 Å². The SMILES string of the molecule is CCCCCCCCCCCC[C@@H](O)[C@H]1CC[C@H]([C@H](O)CCCC[C@H](O)CCCCC[C@H](CC2=C[C@H](C)OC2=O)OC(C)=O)O1. The molecule has 2 rings (SSSR count). The van der Waals surface area contributed by atoms with E-state index in [1.807, 2.05) is 6.92 Å². The number of carbonyl (C=O) groups is 2. The molecule has 0 bridgehead atoms. The second-order valence-electron chi connectivity index (χ2n) is 13.7. The minimum Gasteiger partial charge on any atom is -0.462 e. The first-order valence-corrected chi connectivity index (χ1v) is 18.5. The van der Waals surface area contributed by atoms with Gasteiger partial charge < -0.3 is 29.5 Å². The van der Waals surface area contributed by atoms with Crippen molar-refractivity contribution in [2.75, 3.05) is 0 Å². The third kappa shape index (κ3) is 17.9. The first-order chi connectivity index (χ1) is 21.7. The average Bonchev–Trinajstić information content (AvgIpc) is 3.61. The zero-order chi connectivity index (χ0) is 32.9. The number of carbonyl (C=O) groups excluding carboxylic acids is 2. The number of cyclic esters (lactones) is 1. The van der Waals surface area contributed by atoms with Crippen LogP contribution in [0.4, 0.5) is 0 Å². The Morgan fingerprint density at radius 1 is 0.778 bits per heavy atom. The third-order valence-electron chi connectivity index (χ3n) is 9.42. The molecule has 262 valence electrons. The van der Waals surface area contributed by atoms with Gasteiger partial charge in [-0.2, -0.15) is 0 Å². The van der Waals surface area contributed by atoms with Gasteiger partial charge in [0, 0.05) is 18.9 Å². The lowest BCUT2D eigenvalue weighted by Gasteiger charge is -2.22. The molecule has 7 atom stereocenters. The monoisotopic (exact) mass is 638 g/mol. The van der Waals surface area contributed by atoms with E-state index in [9.17, 15) is 24.9 Å². The number of hydrogen-bond donors (Lipinski definition) is 3. The maximum absolute atomic E-state index is 11.9. The summed E-state index contributed by atoms with van der Waals surface area (Å²) >= 11 is 0. The minimum absolute atomic E-state index is 0.158. The summed E-state index contributed by atoms with van der Waals surface area (Å²) in [5.41, 5.74) is 0.575. The van der Waals surface area contributed by atoms with Crippen molar-refractivity contribution in [3.8, 4) is 0 Å². The van der Waals surface area contributed by atoms with Gasteiger partial charge in [0.05, 0.1) is 30.5 Å². The molecule has 45 heavy (non-hydrogen) atoms. The Kier molecular flexibility index (Phi) is 21.0. The molecule has 0 aromatic heterocycles. The minimum atomic E-state index is -0.521. The molecule has 0 aliphatic carbocycles. The molecule has 1 saturated heterocycles. The first-order valence-electron chi connectivity index (χ1n) is 18.5. The lowest BCUT2D eigenvalue weighted by atomic mass is 9.99. The number of esters is 2. The number of hydrogen-bond acceptors (Lipinski definition) is 8. The molecule has 2 aliphatic heterocycles. The van der Waals surface area contributed by atoms with Gasteiger partial charge in [0.2, 0.25) is 0 Å². The van der Waals surface area contributed by atoms with Gasteiger partial charge in [-0.15, -0.1) is 0 Å². The molecule has 0 amide bonds. The number of rotatable bonds is 27. The lowest BCUT2D eigenvalue weighted by molar-refractivity contribution is -0.148. The van der Waals surface area contributed by atoms with E-state index in [0.29, 0.717) is 31.3 Å². The average molecular weight is 639 g/mol. The zero-order valence-electron chi connectivity index (χ0n) is 28.8. The van der Waals surface area contributed by atoms with Gasteiger partial charge in [-0.1, -0.05) is 96.8 Å². The zero-order valence-corrected chi connectivity index (χ0v) is 28.8. The van der Waals surface area contributed by atoms with E-state index in [4.69, 9.17) is 14.2 Å². The van der Waals surface area contributed by atoms with E-state index in [0.717, 1.165) is 64.2 Å². The lowest BCUT2D eigenvalue weighted by Crippen LogP contribution is -2.31. The summed E-state index contributed by atoms with van der Waals surface area (Å²) in [7, 11) is 0. The Balaban J connectivity index is 1.47. The predicted molar refractivity (Wildman–Crippen MR) is 178 cm³/mol. The topological polar surface area (TPSA) is 123 Å². The fraction of sp³-hybridized carbons (Fsp3) is 0.892. The molecule has 2 heterocycles. The second-order valence-corrected chi connectivity index (χ2v) is 13.7. The van der Waals surface area contributed by atoms with Crippen LogP contribution in [0.15, 0.2) is 11.6 Å². The van der Waals surface area contributed by atoms with Crippen LogP contribution in [0.1, 0.15) is 168 Å². The molecule has 3 N–H and O–H groups in total. The summed E-state index contributed by atoms with van der Waals surface area (Å²) in [6.45, 7) is 5.45. The molecule has 2 aliphatic rings. The van der Waals surface area contributed by atoms with Crippen molar-refractivity contribution in [3.05, 3.63) is 11.6 Å². The van der Waals surface area contributed by atoms with E-state index in [-0.39, 0.29) is 42.5 Å². The Morgan fingerprint density at radius 3 is 1.78 bits per heavy atom. The Bertz CT molecular complexity index is 829. The van der Waals surface area contributed by atoms with Crippen LogP contribution in [0.5, 0.6) is 0 Å². The fourth-order valence-electron chi connectivity index (χ4n) is 6.74. The number of aliphatic hydroxyl groups excluding tert-OH is 3. The Morgan fingerprint density at radius 2 is 1.24 bits per heavy atom. The molecule has 0 unspecified atom stereocenters. The van der Waals surface area contributed by atoms with Gasteiger partial charge in [-0.05, 0) is 64.4 Å². The third-order valence-corrected chi connectivity index (χ3v) is 9.42. The summed E-state index contributed by atoms with van der Waals surface area (Å²) < 4.78 is 16.6. The first kappa shape index (κ1) is 39.7. The van der Waals surface area contributed by atoms with Crippen LogP contribution in [0.2, 0.25) is 0 Å². The predicted octanol–water partition coefficient (Wildman–Crippen LogP) is 7.63. The van der Waals surface area contributed by atoms with Crippen molar-refractivity contribution in [2.24, 2.45) is 0 Å². The standard InChI is InChI=1S/C37H66O8/c1-4-5-6-7-8-9-10-11-12-16-22-33(40)35-24-25-36(45-35)34(41)23-18-17-20-31(39)19-14-13-15-21-32(44-29(3)38)27-30-26-28(2)43-37(30)42/h26,28,31-36,39-41H,4-25,27H2,1-3H3/t28-,31+,32+,33+,34+,35+,36+/m0/s1. The quantitative estimate of drug-likeness (QED) is 0.0620. The van der Waals surface area contributed by atoms with Crippen molar-refractivity contribution in [1.82, 2.24) is 0 Å². The second kappa shape index (κ2) is 23.8. The smallest absolute Gasteiger partial charge is 0.334 e. The van der Waals surface area contributed by atoms with Crippen LogP contribution < -0.4 is 0 Å². The molecule has 0 radical (unpaired) electrons. The highest BCUT2D eigenvalue weighted by atomic mass is 16.6. The summed E-state index contributed by atoms with van der Waals surface area (Å²) in [5, 5.41) is 31.7. The van der Waals surface area contributed by atoms with Crippen LogP contribution in [-0.2, 0) is 23.8 Å². The summed E-state index contributed by atoms with van der Waals surface area (Å²) in [4.78, 5) is 23.4. The van der Waals surface area contributed by atoms with Gasteiger partial charge in [-0.25, -0.2) is 4.79 Å². The normalized spacial score (nSPS) is 22.6. The molecule has 1 fully saturated rings. The summed E-state index contributed by atoms with van der Waals surface area (Å²) in [6.07, 6.45) is 22.2. The van der Waals surface area contributed by atoms with Crippen LogP contribution in [0, 0.1) is 0 Å². The van der Waals surface area contributed by atoms with Crippen molar-refractivity contribution < 1.29 is 39.1 Å². The molecular formula is C37H66O8. The molecule has 0 aromatic rings. The maximum atomic E-state index is 11.9. The van der Waals surface area contributed by atoms with E-state index in [1.165, 1.54) is 64.7 Å². The maximum Gasteiger partial charge on any atom is 0.334 e. The fourth-order valence-corrected chi connectivity index (χ4v) is 6.74. The van der Waals surface area contributed by atoms with E-state index in [1.54, 1.807) is 6.08 Å². The van der Waals surface area contributed by atoms with Crippen LogP contribution in [0.3, 0.4) is 0 Å². The molecule has 8 heteroatoms.